The standard InChI is InChI=1S/C14H30O4SSi/c1-5-9-13(12-14(15)19)10-11-20(16-6-2,17-7-3)18-8-4/h13H,5-12H2,1-4H3,(H,15,19). The lowest BCUT2D eigenvalue weighted by Crippen LogP contribution is -2.46. The third kappa shape index (κ3) is 8.41. The van der Waals surface area contributed by atoms with Crippen LogP contribution in [-0.2, 0) is 18.1 Å². The number of rotatable bonds is 13. The van der Waals surface area contributed by atoms with E-state index in [9.17, 15) is 4.79 Å². The van der Waals surface area contributed by atoms with Crippen molar-refractivity contribution in [3.63, 3.8) is 0 Å². The highest BCUT2D eigenvalue weighted by atomic mass is 32.1. The van der Waals surface area contributed by atoms with Gasteiger partial charge in [-0.3, -0.25) is 4.79 Å². The lowest BCUT2D eigenvalue weighted by molar-refractivity contribution is -0.111. The molecule has 0 aromatic rings. The summed E-state index contributed by atoms with van der Waals surface area (Å²) in [5.41, 5.74) is 0. The second-order valence-corrected chi connectivity index (χ2v) is 8.00. The minimum Gasteiger partial charge on any atom is -0.374 e. The van der Waals surface area contributed by atoms with Crippen LogP contribution in [0, 0.1) is 5.92 Å². The van der Waals surface area contributed by atoms with Crippen molar-refractivity contribution in [2.24, 2.45) is 5.92 Å². The van der Waals surface area contributed by atoms with Gasteiger partial charge in [-0.05, 0) is 33.1 Å². The van der Waals surface area contributed by atoms with E-state index in [4.69, 9.17) is 13.3 Å². The molecule has 1 unspecified atom stereocenters. The quantitative estimate of drug-likeness (QED) is 0.415. The van der Waals surface area contributed by atoms with Gasteiger partial charge in [-0.1, -0.05) is 19.8 Å². The second-order valence-electron chi connectivity index (χ2n) is 4.77. The van der Waals surface area contributed by atoms with E-state index in [-0.39, 0.29) is 5.12 Å². The molecular formula is C14H30O4SSi. The van der Waals surface area contributed by atoms with Gasteiger partial charge in [0, 0.05) is 32.3 Å². The van der Waals surface area contributed by atoms with E-state index in [1.807, 2.05) is 20.8 Å². The Kier molecular flexibility index (Phi) is 11.8. The Bertz CT molecular complexity index is 247. The summed E-state index contributed by atoms with van der Waals surface area (Å²) in [5.74, 6) is 0.346. The molecule has 4 nitrogen and oxygen atoms in total. The molecule has 0 saturated heterocycles. The van der Waals surface area contributed by atoms with Crippen molar-refractivity contribution in [2.75, 3.05) is 19.8 Å². The lowest BCUT2D eigenvalue weighted by Gasteiger charge is -2.29. The summed E-state index contributed by atoms with van der Waals surface area (Å²) in [5, 5.41) is -0.0417. The summed E-state index contributed by atoms with van der Waals surface area (Å²) < 4.78 is 17.5. The van der Waals surface area contributed by atoms with Crippen LogP contribution in [0.4, 0.5) is 0 Å². The summed E-state index contributed by atoms with van der Waals surface area (Å²) in [7, 11) is -2.57. The highest BCUT2D eigenvalue weighted by Gasteiger charge is 2.40. The third-order valence-corrected chi connectivity index (χ3v) is 6.38. The molecule has 0 aliphatic carbocycles. The molecule has 0 fully saturated rings. The molecule has 0 aromatic carbocycles. The highest BCUT2D eigenvalue weighted by molar-refractivity contribution is 7.96. The predicted molar refractivity (Wildman–Crippen MR) is 87.1 cm³/mol. The zero-order chi connectivity index (χ0) is 15.4. The smallest absolute Gasteiger partial charge is 0.374 e. The molecule has 0 amide bonds. The van der Waals surface area contributed by atoms with Crippen LogP contribution >= 0.6 is 12.6 Å². The number of thiol groups is 1. The van der Waals surface area contributed by atoms with Gasteiger partial charge in [-0.25, -0.2) is 0 Å². The molecule has 1 atom stereocenters. The van der Waals surface area contributed by atoms with Crippen LogP contribution in [-0.4, -0.2) is 33.7 Å². The molecule has 0 N–H and O–H groups in total. The Balaban J connectivity index is 4.62. The molecule has 0 aliphatic heterocycles. The maximum absolute atomic E-state index is 11.2. The maximum Gasteiger partial charge on any atom is 0.500 e. The topological polar surface area (TPSA) is 44.8 Å². The van der Waals surface area contributed by atoms with Crippen molar-refractivity contribution in [1.82, 2.24) is 0 Å². The first-order valence-corrected chi connectivity index (χ1v) is 10.0. The van der Waals surface area contributed by atoms with Crippen molar-refractivity contribution in [3.8, 4) is 0 Å². The molecule has 0 aliphatic rings. The van der Waals surface area contributed by atoms with E-state index in [2.05, 4.69) is 19.6 Å². The fourth-order valence-corrected chi connectivity index (χ4v) is 5.41. The fourth-order valence-electron chi connectivity index (χ4n) is 2.39. The molecule has 0 saturated carbocycles. The zero-order valence-electron chi connectivity index (χ0n) is 13.3. The van der Waals surface area contributed by atoms with Gasteiger partial charge >= 0.3 is 8.80 Å². The van der Waals surface area contributed by atoms with Crippen LogP contribution in [0.5, 0.6) is 0 Å². The number of hydrogen-bond acceptors (Lipinski definition) is 4. The first-order chi connectivity index (χ1) is 9.53. The predicted octanol–water partition coefficient (Wildman–Crippen LogP) is 3.69. The molecule has 0 heterocycles. The molecular weight excluding hydrogens is 292 g/mol. The highest BCUT2D eigenvalue weighted by Crippen LogP contribution is 2.26. The van der Waals surface area contributed by atoms with Crippen molar-refractivity contribution in [2.45, 2.75) is 59.4 Å². The zero-order valence-corrected chi connectivity index (χ0v) is 15.2. The monoisotopic (exact) mass is 322 g/mol. The van der Waals surface area contributed by atoms with Crippen molar-refractivity contribution in [1.29, 1.82) is 0 Å². The lowest BCUT2D eigenvalue weighted by atomic mass is 9.98. The largest absolute Gasteiger partial charge is 0.500 e. The second kappa shape index (κ2) is 11.7. The molecule has 0 rings (SSSR count). The van der Waals surface area contributed by atoms with Gasteiger partial charge in [-0.15, -0.1) is 12.6 Å². The average molecular weight is 323 g/mol. The van der Waals surface area contributed by atoms with Gasteiger partial charge in [0.1, 0.15) is 0 Å². The van der Waals surface area contributed by atoms with Crippen LogP contribution < -0.4 is 0 Å². The Labute approximate surface area is 130 Å². The molecule has 0 radical (unpaired) electrons. The summed E-state index contributed by atoms with van der Waals surface area (Å²) in [6.45, 7) is 9.79. The third-order valence-electron chi connectivity index (χ3n) is 3.11. The first kappa shape index (κ1) is 20.1. The minimum atomic E-state index is -2.57. The summed E-state index contributed by atoms with van der Waals surface area (Å²) in [6.07, 6.45) is 3.51. The summed E-state index contributed by atoms with van der Waals surface area (Å²) in [6, 6.07) is 0.772. The molecule has 0 spiro atoms. The average Bonchev–Trinajstić information content (AvgIpc) is 2.37. The SMILES string of the molecule is CCCC(CC[Si](OCC)(OCC)OCC)CC(=O)S. The van der Waals surface area contributed by atoms with Gasteiger partial charge in [-0.2, -0.15) is 0 Å². The van der Waals surface area contributed by atoms with E-state index >= 15 is 0 Å². The van der Waals surface area contributed by atoms with Gasteiger partial charge in [0.15, 0.2) is 5.12 Å². The van der Waals surface area contributed by atoms with Crippen LogP contribution in [0.2, 0.25) is 6.04 Å². The number of carbonyl (C=O) groups is 1. The van der Waals surface area contributed by atoms with Crippen LogP contribution in [0.25, 0.3) is 0 Å². The van der Waals surface area contributed by atoms with Gasteiger partial charge < -0.3 is 13.3 Å². The Hall–Kier alpha value is 0.117. The molecule has 6 heteroatoms. The fraction of sp³-hybridized carbons (Fsp3) is 0.929. The van der Waals surface area contributed by atoms with Gasteiger partial charge in [0.25, 0.3) is 0 Å². The molecule has 0 aromatic heterocycles. The molecule has 120 valence electrons. The normalized spacial score (nSPS) is 13.4. The van der Waals surface area contributed by atoms with E-state index in [1.165, 1.54) is 0 Å². The molecule has 20 heavy (non-hydrogen) atoms. The van der Waals surface area contributed by atoms with E-state index in [0.29, 0.717) is 32.2 Å². The first-order valence-electron chi connectivity index (χ1n) is 7.67. The Morgan fingerprint density at radius 3 is 1.85 bits per heavy atom. The van der Waals surface area contributed by atoms with Crippen LogP contribution in [0.15, 0.2) is 0 Å². The van der Waals surface area contributed by atoms with Crippen LogP contribution in [0.1, 0.15) is 53.4 Å². The maximum atomic E-state index is 11.2. The Morgan fingerprint density at radius 1 is 1.00 bits per heavy atom. The minimum absolute atomic E-state index is 0.0417. The molecule has 0 bridgehead atoms. The number of carbonyl (C=O) groups excluding carboxylic acids is 1. The van der Waals surface area contributed by atoms with Crippen molar-refractivity contribution >= 4 is 26.5 Å². The summed E-state index contributed by atoms with van der Waals surface area (Å²) >= 11 is 3.90. The van der Waals surface area contributed by atoms with E-state index in [1.54, 1.807) is 0 Å². The van der Waals surface area contributed by atoms with Crippen LogP contribution in [0.3, 0.4) is 0 Å². The number of hydrogen-bond donors (Lipinski definition) is 1. The van der Waals surface area contributed by atoms with E-state index < -0.39 is 8.80 Å². The van der Waals surface area contributed by atoms with Gasteiger partial charge in [0.05, 0.1) is 0 Å². The van der Waals surface area contributed by atoms with Crippen molar-refractivity contribution in [3.05, 3.63) is 0 Å². The van der Waals surface area contributed by atoms with Gasteiger partial charge in [0.2, 0.25) is 0 Å². The van der Waals surface area contributed by atoms with Crippen molar-refractivity contribution < 1.29 is 18.1 Å². The summed E-state index contributed by atoms with van der Waals surface area (Å²) in [4.78, 5) is 11.2. The Morgan fingerprint density at radius 2 is 1.50 bits per heavy atom. The van der Waals surface area contributed by atoms with E-state index in [0.717, 1.165) is 25.3 Å².